The van der Waals surface area contributed by atoms with Crippen molar-refractivity contribution in [1.29, 1.82) is 0 Å². The molecule has 1 fully saturated rings. The van der Waals surface area contributed by atoms with Crippen molar-refractivity contribution >= 4 is 39.2 Å². The van der Waals surface area contributed by atoms with Crippen LogP contribution in [0.25, 0.3) is 0 Å². The lowest BCUT2D eigenvalue weighted by Gasteiger charge is -2.19. The SMILES string of the molecule is C=C(Br)CNC(=O)Nc1ccc(N2CCCC2=O)c(OC)c1. The predicted octanol–water partition coefficient (Wildman–Crippen LogP) is 2.85. The van der Waals surface area contributed by atoms with Crippen LogP contribution >= 0.6 is 15.9 Å². The molecule has 1 aliphatic heterocycles. The van der Waals surface area contributed by atoms with Gasteiger partial charge < -0.3 is 20.3 Å². The van der Waals surface area contributed by atoms with Crippen LogP contribution in [0.4, 0.5) is 16.2 Å². The van der Waals surface area contributed by atoms with Crippen LogP contribution in [0.1, 0.15) is 12.8 Å². The molecule has 1 heterocycles. The summed E-state index contributed by atoms with van der Waals surface area (Å²) in [5.74, 6) is 0.644. The van der Waals surface area contributed by atoms with Gasteiger partial charge in [-0.3, -0.25) is 4.79 Å². The number of anilines is 2. The molecule has 6 nitrogen and oxygen atoms in total. The quantitative estimate of drug-likeness (QED) is 0.840. The first-order valence-electron chi connectivity index (χ1n) is 6.88. The first kappa shape index (κ1) is 16.4. The minimum absolute atomic E-state index is 0.0904. The summed E-state index contributed by atoms with van der Waals surface area (Å²) >= 11 is 3.17. The van der Waals surface area contributed by atoms with Gasteiger partial charge in [-0.05, 0) is 18.6 Å². The predicted molar refractivity (Wildman–Crippen MR) is 89.7 cm³/mol. The van der Waals surface area contributed by atoms with E-state index < -0.39 is 0 Å². The van der Waals surface area contributed by atoms with E-state index in [0.29, 0.717) is 35.4 Å². The number of halogens is 1. The van der Waals surface area contributed by atoms with Crippen LogP contribution in [0.15, 0.2) is 29.3 Å². The smallest absolute Gasteiger partial charge is 0.319 e. The highest BCUT2D eigenvalue weighted by molar-refractivity contribution is 9.11. The molecule has 0 spiro atoms. The topological polar surface area (TPSA) is 70.7 Å². The Morgan fingerprint density at radius 3 is 2.86 bits per heavy atom. The third-order valence-corrected chi connectivity index (χ3v) is 3.52. The zero-order valence-electron chi connectivity index (χ0n) is 12.3. The zero-order chi connectivity index (χ0) is 16.1. The molecule has 2 rings (SSSR count). The van der Waals surface area contributed by atoms with Gasteiger partial charge in [0, 0.05) is 29.2 Å². The highest BCUT2D eigenvalue weighted by atomic mass is 79.9. The number of hydrogen-bond donors (Lipinski definition) is 2. The highest BCUT2D eigenvalue weighted by Crippen LogP contribution is 2.33. The van der Waals surface area contributed by atoms with Crippen molar-refractivity contribution < 1.29 is 14.3 Å². The Bertz CT molecular complexity index is 604. The van der Waals surface area contributed by atoms with Crippen molar-refractivity contribution in [1.82, 2.24) is 5.32 Å². The van der Waals surface area contributed by atoms with Gasteiger partial charge >= 0.3 is 6.03 Å². The number of hydrogen-bond acceptors (Lipinski definition) is 3. The van der Waals surface area contributed by atoms with Gasteiger partial charge in [-0.15, -0.1) is 0 Å². The molecule has 118 valence electrons. The number of carbonyl (C=O) groups excluding carboxylic acids is 2. The first-order valence-corrected chi connectivity index (χ1v) is 7.67. The van der Waals surface area contributed by atoms with Gasteiger partial charge in [0.15, 0.2) is 0 Å². The molecule has 1 saturated heterocycles. The first-order chi connectivity index (χ1) is 10.5. The molecule has 0 aromatic heterocycles. The minimum atomic E-state index is -0.340. The van der Waals surface area contributed by atoms with E-state index in [1.807, 2.05) is 0 Å². The maximum atomic E-state index is 11.8. The van der Waals surface area contributed by atoms with Crippen LogP contribution in [0, 0.1) is 0 Å². The zero-order valence-corrected chi connectivity index (χ0v) is 13.9. The number of benzene rings is 1. The van der Waals surface area contributed by atoms with Crippen molar-refractivity contribution in [2.45, 2.75) is 12.8 Å². The fraction of sp³-hybridized carbons (Fsp3) is 0.333. The Balaban J connectivity index is 2.10. The molecule has 0 bridgehead atoms. The fourth-order valence-electron chi connectivity index (χ4n) is 2.23. The maximum absolute atomic E-state index is 11.8. The summed E-state index contributed by atoms with van der Waals surface area (Å²) in [6, 6.07) is 4.88. The van der Waals surface area contributed by atoms with E-state index in [9.17, 15) is 9.59 Å². The van der Waals surface area contributed by atoms with E-state index in [1.165, 1.54) is 7.11 Å². The number of urea groups is 1. The summed E-state index contributed by atoms with van der Waals surface area (Å²) in [7, 11) is 1.54. The molecular weight excluding hydrogens is 350 g/mol. The second kappa shape index (κ2) is 7.31. The molecule has 22 heavy (non-hydrogen) atoms. The summed E-state index contributed by atoms with van der Waals surface area (Å²) in [5, 5.41) is 5.35. The van der Waals surface area contributed by atoms with Crippen molar-refractivity contribution in [2.24, 2.45) is 0 Å². The monoisotopic (exact) mass is 367 g/mol. The van der Waals surface area contributed by atoms with E-state index in [2.05, 4.69) is 33.1 Å². The number of carbonyl (C=O) groups is 2. The molecule has 0 aliphatic carbocycles. The Hall–Kier alpha value is -2.02. The Morgan fingerprint density at radius 2 is 2.27 bits per heavy atom. The van der Waals surface area contributed by atoms with Crippen LogP contribution < -0.4 is 20.3 Å². The third kappa shape index (κ3) is 4.00. The Labute approximate surface area is 137 Å². The van der Waals surface area contributed by atoms with E-state index in [-0.39, 0.29) is 11.9 Å². The molecular formula is C15H18BrN3O3. The summed E-state index contributed by atoms with van der Waals surface area (Å²) in [6.07, 6.45) is 1.41. The average molecular weight is 368 g/mol. The maximum Gasteiger partial charge on any atom is 0.319 e. The van der Waals surface area contributed by atoms with Crippen LogP contribution in [0.3, 0.4) is 0 Å². The lowest BCUT2D eigenvalue weighted by atomic mass is 10.2. The molecule has 2 N–H and O–H groups in total. The van der Waals surface area contributed by atoms with E-state index in [1.54, 1.807) is 23.1 Å². The van der Waals surface area contributed by atoms with Crippen LogP contribution in [0.2, 0.25) is 0 Å². The fourth-order valence-corrected chi connectivity index (χ4v) is 2.37. The van der Waals surface area contributed by atoms with E-state index >= 15 is 0 Å². The summed E-state index contributed by atoms with van der Waals surface area (Å²) < 4.78 is 6.02. The molecule has 0 unspecified atom stereocenters. The molecule has 0 saturated carbocycles. The average Bonchev–Trinajstić information content (AvgIpc) is 2.91. The van der Waals surface area contributed by atoms with Crippen molar-refractivity contribution in [3.05, 3.63) is 29.3 Å². The minimum Gasteiger partial charge on any atom is -0.494 e. The van der Waals surface area contributed by atoms with E-state index in [4.69, 9.17) is 4.74 Å². The van der Waals surface area contributed by atoms with Gasteiger partial charge in [0.25, 0.3) is 0 Å². The summed E-state index contributed by atoms with van der Waals surface area (Å²) in [6.45, 7) is 4.67. The third-order valence-electron chi connectivity index (χ3n) is 3.24. The van der Waals surface area contributed by atoms with Crippen molar-refractivity contribution in [3.63, 3.8) is 0 Å². The number of methoxy groups -OCH3 is 1. The standard InChI is InChI=1S/C15H18BrN3O3/c1-10(16)9-17-15(21)18-11-5-6-12(13(8-11)22-2)19-7-3-4-14(19)20/h5-6,8H,1,3-4,7,9H2,2H3,(H2,17,18,21). The highest BCUT2D eigenvalue weighted by Gasteiger charge is 2.24. The van der Waals surface area contributed by atoms with Crippen molar-refractivity contribution in [3.8, 4) is 5.75 Å². The van der Waals surface area contributed by atoms with Gasteiger partial charge in [-0.1, -0.05) is 22.5 Å². The van der Waals surface area contributed by atoms with Gasteiger partial charge in [0.05, 0.1) is 19.3 Å². The Morgan fingerprint density at radius 1 is 1.50 bits per heavy atom. The molecule has 1 aromatic rings. The lowest BCUT2D eigenvalue weighted by molar-refractivity contribution is -0.117. The molecule has 1 aliphatic rings. The largest absolute Gasteiger partial charge is 0.494 e. The van der Waals surface area contributed by atoms with Gasteiger partial charge in [0.2, 0.25) is 5.91 Å². The number of nitrogens with zero attached hydrogens (tertiary/aromatic N) is 1. The van der Waals surface area contributed by atoms with Crippen LogP contribution in [-0.2, 0) is 4.79 Å². The molecule has 0 radical (unpaired) electrons. The van der Waals surface area contributed by atoms with Crippen LogP contribution in [0.5, 0.6) is 5.75 Å². The number of ether oxygens (including phenoxy) is 1. The van der Waals surface area contributed by atoms with Gasteiger partial charge in [-0.2, -0.15) is 0 Å². The summed E-state index contributed by atoms with van der Waals surface area (Å²) in [5.41, 5.74) is 1.31. The molecule has 7 heteroatoms. The van der Waals surface area contributed by atoms with Gasteiger partial charge in [-0.25, -0.2) is 4.79 Å². The lowest BCUT2D eigenvalue weighted by Crippen LogP contribution is -2.29. The Kier molecular flexibility index (Phi) is 5.43. The van der Waals surface area contributed by atoms with E-state index in [0.717, 1.165) is 12.1 Å². The number of rotatable bonds is 5. The second-order valence-electron chi connectivity index (χ2n) is 4.86. The number of amides is 3. The van der Waals surface area contributed by atoms with Gasteiger partial charge in [0.1, 0.15) is 5.75 Å². The molecule has 3 amide bonds. The van der Waals surface area contributed by atoms with Crippen LogP contribution in [-0.4, -0.2) is 32.1 Å². The number of nitrogens with one attached hydrogen (secondary N) is 2. The molecule has 1 aromatic carbocycles. The normalized spacial score (nSPS) is 13.9. The second-order valence-corrected chi connectivity index (χ2v) is 5.98. The van der Waals surface area contributed by atoms with Crippen molar-refractivity contribution in [2.75, 3.05) is 30.4 Å². The molecule has 0 atom stereocenters. The summed E-state index contributed by atoms with van der Waals surface area (Å²) in [4.78, 5) is 25.3.